The van der Waals surface area contributed by atoms with Crippen LogP contribution in [0.25, 0.3) is 16.6 Å². The number of hydrogen-bond acceptors (Lipinski definition) is 5. The van der Waals surface area contributed by atoms with Gasteiger partial charge in [-0.15, -0.1) is 0 Å². The fourth-order valence-electron chi connectivity index (χ4n) is 3.64. The number of rotatable bonds is 8. The lowest BCUT2D eigenvalue weighted by Gasteiger charge is -2.13. The highest BCUT2D eigenvalue weighted by atomic mass is 32.2. The molecule has 2 N–H and O–H groups in total. The van der Waals surface area contributed by atoms with E-state index in [2.05, 4.69) is 15.6 Å². The van der Waals surface area contributed by atoms with Crippen molar-refractivity contribution in [2.24, 2.45) is 0 Å². The number of carbonyl (C=O) groups is 2. The Kier molecular flexibility index (Phi) is 7.62. The highest BCUT2D eigenvalue weighted by Crippen LogP contribution is 2.21. The first-order chi connectivity index (χ1) is 17.0. The van der Waals surface area contributed by atoms with Crippen LogP contribution < -0.4 is 16.2 Å². The zero-order valence-corrected chi connectivity index (χ0v) is 20.4. The van der Waals surface area contributed by atoms with Crippen molar-refractivity contribution in [3.8, 4) is 5.69 Å². The van der Waals surface area contributed by atoms with Gasteiger partial charge in [0.1, 0.15) is 0 Å². The molecule has 0 saturated heterocycles. The summed E-state index contributed by atoms with van der Waals surface area (Å²) in [6.07, 6.45) is 0.793. The number of hydrogen-bond donors (Lipinski definition) is 2. The summed E-state index contributed by atoms with van der Waals surface area (Å²) >= 11 is 1.15. The van der Waals surface area contributed by atoms with E-state index in [1.807, 2.05) is 68.4 Å². The first-order valence-corrected chi connectivity index (χ1v) is 12.3. The molecule has 0 saturated carbocycles. The summed E-state index contributed by atoms with van der Waals surface area (Å²) < 4.78 is 1.52. The van der Waals surface area contributed by atoms with Gasteiger partial charge in [-0.2, -0.15) is 0 Å². The number of amides is 2. The molecule has 2 amide bonds. The SMILES string of the molecule is CCc1ccccc1NC(=O)CNC(=O)CSc1nc2ccccc2c(=O)n1-c1ccc(C)cc1. The molecule has 0 aliphatic carbocycles. The number of thioether (sulfide) groups is 1. The monoisotopic (exact) mass is 486 g/mol. The van der Waals surface area contributed by atoms with Crippen molar-refractivity contribution in [1.29, 1.82) is 0 Å². The van der Waals surface area contributed by atoms with Crippen molar-refractivity contribution in [1.82, 2.24) is 14.9 Å². The summed E-state index contributed by atoms with van der Waals surface area (Å²) in [5.41, 5.74) is 3.89. The van der Waals surface area contributed by atoms with E-state index >= 15 is 0 Å². The highest BCUT2D eigenvalue weighted by Gasteiger charge is 2.15. The molecule has 1 aromatic heterocycles. The van der Waals surface area contributed by atoms with Crippen molar-refractivity contribution in [3.63, 3.8) is 0 Å². The Labute approximate surface area is 207 Å². The van der Waals surface area contributed by atoms with Crippen LogP contribution >= 0.6 is 11.8 Å². The standard InChI is InChI=1S/C27H26N4O3S/c1-3-19-8-4-6-10-22(19)29-24(32)16-28-25(33)17-35-27-30-23-11-7-5-9-21(23)26(34)31(27)20-14-12-18(2)13-15-20/h4-15H,3,16-17H2,1-2H3,(H,28,33)(H,29,32). The maximum atomic E-state index is 13.3. The third-order valence-electron chi connectivity index (χ3n) is 5.49. The first-order valence-electron chi connectivity index (χ1n) is 11.3. The van der Waals surface area contributed by atoms with Crippen LogP contribution in [-0.2, 0) is 16.0 Å². The minimum atomic E-state index is -0.327. The van der Waals surface area contributed by atoms with Crippen molar-refractivity contribution in [3.05, 3.63) is 94.3 Å². The smallest absolute Gasteiger partial charge is 0.266 e. The quantitative estimate of drug-likeness (QED) is 0.289. The van der Waals surface area contributed by atoms with Gasteiger partial charge >= 0.3 is 0 Å². The molecule has 7 nitrogen and oxygen atoms in total. The van der Waals surface area contributed by atoms with Crippen LogP contribution in [0, 0.1) is 6.92 Å². The van der Waals surface area contributed by atoms with Gasteiger partial charge in [-0.05, 0) is 49.2 Å². The Morgan fingerprint density at radius 3 is 2.43 bits per heavy atom. The van der Waals surface area contributed by atoms with E-state index in [-0.39, 0.29) is 29.7 Å². The van der Waals surface area contributed by atoms with E-state index in [4.69, 9.17) is 0 Å². The largest absolute Gasteiger partial charge is 0.346 e. The molecule has 3 aromatic carbocycles. The van der Waals surface area contributed by atoms with E-state index in [0.29, 0.717) is 21.7 Å². The Bertz CT molecular complexity index is 1430. The van der Waals surface area contributed by atoms with Gasteiger partial charge in [0.15, 0.2) is 5.16 Å². The zero-order chi connectivity index (χ0) is 24.8. The fourth-order valence-corrected chi connectivity index (χ4v) is 4.48. The molecule has 178 valence electrons. The van der Waals surface area contributed by atoms with Crippen molar-refractivity contribution < 1.29 is 9.59 Å². The van der Waals surface area contributed by atoms with Crippen LogP contribution in [0.3, 0.4) is 0 Å². The van der Waals surface area contributed by atoms with Gasteiger partial charge in [0.2, 0.25) is 11.8 Å². The van der Waals surface area contributed by atoms with Gasteiger partial charge in [0.25, 0.3) is 5.56 Å². The fraction of sp³-hybridized carbons (Fsp3) is 0.185. The topological polar surface area (TPSA) is 93.1 Å². The molecule has 0 spiro atoms. The molecule has 0 aliphatic rings. The van der Waals surface area contributed by atoms with Gasteiger partial charge in [0.05, 0.1) is 28.9 Å². The Morgan fingerprint density at radius 1 is 0.943 bits per heavy atom. The minimum Gasteiger partial charge on any atom is -0.346 e. The number of para-hydroxylation sites is 2. The second-order valence-electron chi connectivity index (χ2n) is 8.01. The number of nitrogens with zero attached hydrogens (tertiary/aromatic N) is 2. The van der Waals surface area contributed by atoms with Crippen LogP contribution in [0.4, 0.5) is 5.69 Å². The number of carbonyl (C=O) groups excluding carboxylic acids is 2. The molecule has 8 heteroatoms. The summed E-state index contributed by atoms with van der Waals surface area (Å²) in [5.74, 6) is -0.619. The van der Waals surface area contributed by atoms with Crippen molar-refractivity contribution >= 4 is 40.2 Å². The molecular formula is C27H26N4O3S. The van der Waals surface area contributed by atoms with E-state index in [0.717, 1.165) is 35.0 Å². The summed E-state index contributed by atoms with van der Waals surface area (Å²) in [7, 11) is 0. The average Bonchev–Trinajstić information content (AvgIpc) is 2.87. The van der Waals surface area contributed by atoms with E-state index < -0.39 is 0 Å². The molecule has 0 unspecified atom stereocenters. The summed E-state index contributed by atoms with van der Waals surface area (Å²) in [4.78, 5) is 42.8. The van der Waals surface area contributed by atoms with Crippen LogP contribution in [0.5, 0.6) is 0 Å². The Morgan fingerprint density at radius 2 is 1.66 bits per heavy atom. The van der Waals surface area contributed by atoms with Crippen LogP contribution in [-0.4, -0.2) is 33.7 Å². The highest BCUT2D eigenvalue weighted by molar-refractivity contribution is 7.99. The predicted molar refractivity (Wildman–Crippen MR) is 140 cm³/mol. The Balaban J connectivity index is 1.47. The van der Waals surface area contributed by atoms with E-state index in [1.54, 1.807) is 18.2 Å². The zero-order valence-electron chi connectivity index (χ0n) is 19.6. The lowest BCUT2D eigenvalue weighted by Crippen LogP contribution is -2.34. The third kappa shape index (κ3) is 5.78. The maximum Gasteiger partial charge on any atom is 0.266 e. The molecule has 0 atom stereocenters. The van der Waals surface area contributed by atoms with Crippen molar-refractivity contribution in [2.45, 2.75) is 25.4 Å². The normalized spacial score (nSPS) is 10.8. The molecule has 0 fully saturated rings. The van der Waals surface area contributed by atoms with E-state index in [9.17, 15) is 14.4 Å². The average molecular weight is 487 g/mol. The van der Waals surface area contributed by atoms with Gasteiger partial charge in [-0.3, -0.25) is 19.0 Å². The lowest BCUT2D eigenvalue weighted by molar-refractivity contribution is -0.122. The number of benzene rings is 3. The number of aromatic nitrogens is 2. The van der Waals surface area contributed by atoms with Crippen LogP contribution in [0.2, 0.25) is 0 Å². The lowest BCUT2D eigenvalue weighted by atomic mass is 10.1. The second-order valence-corrected chi connectivity index (χ2v) is 8.95. The molecule has 4 rings (SSSR count). The predicted octanol–water partition coefficient (Wildman–Crippen LogP) is 4.10. The van der Waals surface area contributed by atoms with Crippen LogP contribution in [0.1, 0.15) is 18.1 Å². The summed E-state index contributed by atoms with van der Waals surface area (Å²) in [5, 5.41) is 6.39. The molecule has 0 radical (unpaired) electrons. The number of nitrogens with one attached hydrogen (secondary N) is 2. The third-order valence-corrected chi connectivity index (χ3v) is 6.43. The molecular weight excluding hydrogens is 460 g/mol. The van der Waals surface area contributed by atoms with Gasteiger partial charge < -0.3 is 10.6 Å². The summed E-state index contributed by atoms with van der Waals surface area (Å²) in [6, 6.07) is 22.3. The number of aryl methyl sites for hydroxylation is 2. The van der Waals surface area contributed by atoms with Gasteiger partial charge in [-0.25, -0.2) is 4.98 Å². The molecule has 0 bridgehead atoms. The van der Waals surface area contributed by atoms with Crippen molar-refractivity contribution in [2.75, 3.05) is 17.6 Å². The molecule has 1 heterocycles. The second kappa shape index (κ2) is 11.0. The van der Waals surface area contributed by atoms with Gasteiger partial charge in [-0.1, -0.05) is 66.7 Å². The van der Waals surface area contributed by atoms with E-state index in [1.165, 1.54) is 4.57 Å². The molecule has 0 aliphatic heterocycles. The Hall–Kier alpha value is -3.91. The molecule has 4 aromatic rings. The summed E-state index contributed by atoms with van der Waals surface area (Å²) in [6.45, 7) is 3.84. The minimum absolute atomic E-state index is 0.00939. The van der Waals surface area contributed by atoms with Gasteiger partial charge in [0, 0.05) is 5.69 Å². The maximum absolute atomic E-state index is 13.3. The first kappa shape index (κ1) is 24.2. The van der Waals surface area contributed by atoms with Crippen LogP contribution in [0.15, 0.2) is 82.7 Å². The molecule has 35 heavy (non-hydrogen) atoms. The number of fused-ring (bicyclic) bond motifs is 1. The number of anilines is 1.